The fourth-order valence-electron chi connectivity index (χ4n) is 2.26. The average Bonchev–Trinajstić information content (AvgIpc) is 2.41. The first-order valence-corrected chi connectivity index (χ1v) is 6.24. The minimum absolute atomic E-state index is 0.0177. The highest BCUT2D eigenvalue weighted by Crippen LogP contribution is 2.10. The number of nitriles is 1. The number of nitrogens with one attached hydrogen (secondary N) is 1. The molecule has 2 rings (SSSR count). The molecule has 18 heavy (non-hydrogen) atoms. The number of carbonyl (C=O) groups is 1. The summed E-state index contributed by atoms with van der Waals surface area (Å²) in [7, 11) is 0. The molecule has 0 aliphatic carbocycles. The standard InChI is InChI=1S/C14H17N3O/c15-8-6-13-14(18)16-9-11-17(13)10-7-12-4-2-1-3-5-12/h1-5,13H,6-7,9-11H2,(H,16,18). The molecule has 1 aliphatic rings. The van der Waals surface area contributed by atoms with Crippen LogP contribution in [0.25, 0.3) is 0 Å². The molecule has 1 aromatic rings. The van der Waals surface area contributed by atoms with Gasteiger partial charge in [-0.2, -0.15) is 5.26 Å². The zero-order chi connectivity index (χ0) is 12.8. The minimum atomic E-state index is -0.285. The van der Waals surface area contributed by atoms with Gasteiger partial charge < -0.3 is 5.32 Å². The van der Waals surface area contributed by atoms with Gasteiger partial charge in [0.1, 0.15) is 6.04 Å². The molecule has 0 radical (unpaired) electrons. The summed E-state index contributed by atoms with van der Waals surface area (Å²) in [4.78, 5) is 13.8. The van der Waals surface area contributed by atoms with Gasteiger partial charge in [0.25, 0.3) is 0 Å². The SMILES string of the molecule is N#CCC1C(=O)NCCN1CCc1ccccc1. The molecule has 1 heterocycles. The molecule has 1 saturated heterocycles. The second-order valence-electron chi connectivity index (χ2n) is 4.44. The van der Waals surface area contributed by atoms with Crippen LogP contribution in [-0.4, -0.2) is 36.5 Å². The van der Waals surface area contributed by atoms with Crippen molar-refractivity contribution < 1.29 is 4.79 Å². The summed E-state index contributed by atoms with van der Waals surface area (Å²) in [6.45, 7) is 2.32. The molecule has 4 nitrogen and oxygen atoms in total. The summed E-state index contributed by atoms with van der Waals surface area (Å²) in [5.74, 6) is -0.0177. The predicted molar refractivity (Wildman–Crippen MR) is 68.7 cm³/mol. The van der Waals surface area contributed by atoms with Crippen molar-refractivity contribution in [2.24, 2.45) is 0 Å². The van der Waals surface area contributed by atoms with E-state index in [1.165, 1.54) is 5.56 Å². The molecule has 0 spiro atoms. The quantitative estimate of drug-likeness (QED) is 0.856. The lowest BCUT2D eigenvalue weighted by Gasteiger charge is -2.33. The van der Waals surface area contributed by atoms with E-state index in [0.29, 0.717) is 6.54 Å². The van der Waals surface area contributed by atoms with Crippen LogP contribution in [0.15, 0.2) is 30.3 Å². The number of benzene rings is 1. The third-order valence-corrected chi connectivity index (χ3v) is 3.26. The third kappa shape index (κ3) is 3.08. The Bertz CT molecular complexity index is 438. The van der Waals surface area contributed by atoms with Crippen molar-refractivity contribution in [3.05, 3.63) is 35.9 Å². The molecule has 0 saturated carbocycles. The number of carbonyl (C=O) groups excluding carboxylic acids is 1. The van der Waals surface area contributed by atoms with E-state index in [2.05, 4.69) is 28.4 Å². The molecule has 1 atom stereocenters. The Kier molecular flexibility index (Phi) is 4.32. The van der Waals surface area contributed by atoms with E-state index < -0.39 is 0 Å². The van der Waals surface area contributed by atoms with Gasteiger partial charge in [0, 0.05) is 19.6 Å². The van der Waals surface area contributed by atoms with Crippen LogP contribution in [0.5, 0.6) is 0 Å². The number of nitrogens with zero attached hydrogens (tertiary/aromatic N) is 2. The van der Waals surface area contributed by atoms with Crippen LogP contribution in [0.3, 0.4) is 0 Å². The van der Waals surface area contributed by atoms with E-state index in [-0.39, 0.29) is 18.4 Å². The summed E-state index contributed by atoms with van der Waals surface area (Å²) < 4.78 is 0. The Hall–Kier alpha value is -1.86. The fourth-order valence-corrected chi connectivity index (χ4v) is 2.26. The zero-order valence-electron chi connectivity index (χ0n) is 10.3. The maximum absolute atomic E-state index is 11.7. The highest BCUT2D eigenvalue weighted by atomic mass is 16.2. The topological polar surface area (TPSA) is 56.1 Å². The number of hydrogen-bond acceptors (Lipinski definition) is 3. The molecule has 1 fully saturated rings. The fraction of sp³-hybridized carbons (Fsp3) is 0.429. The van der Waals surface area contributed by atoms with Crippen molar-refractivity contribution in [2.45, 2.75) is 18.9 Å². The zero-order valence-corrected chi connectivity index (χ0v) is 10.3. The number of hydrogen-bond donors (Lipinski definition) is 1. The number of amides is 1. The highest BCUT2D eigenvalue weighted by molar-refractivity contribution is 5.82. The van der Waals surface area contributed by atoms with Crippen LogP contribution in [-0.2, 0) is 11.2 Å². The van der Waals surface area contributed by atoms with E-state index in [1.54, 1.807) is 0 Å². The Morgan fingerprint density at radius 2 is 2.17 bits per heavy atom. The van der Waals surface area contributed by atoms with Crippen LogP contribution in [0, 0.1) is 11.3 Å². The van der Waals surface area contributed by atoms with Crippen LogP contribution in [0.4, 0.5) is 0 Å². The second-order valence-corrected chi connectivity index (χ2v) is 4.44. The van der Waals surface area contributed by atoms with Gasteiger partial charge in [-0.1, -0.05) is 30.3 Å². The second kappa shape index (κ2) is 6.18. The summed E-state index contributed by atoms with van der Waals surface area (Å²) >= 11 is 0. The van der Waals surface area contributed by atoms with E-state index in [4.69, 9.17) is 5.26 Å². The molecule has 1 aliphatic heterocycles. The summed E-state index contributed by atoms with van der Waals surface area (Å²) in [6, 6.07) is 12.0. The molecule has 1 N–H and O–H groups in total. The summed E-state index contributed by atoms with van der Waals surface area (Å²) in [6.07, 6.45) is 1.18. The molecule has 0 bridgehead atoms. The maximum Gasteiger partial charge on any atom is 0.238 e. The first-order valence-electron chi connectivity index (χ1n) is 6.24. The van der Waals surface area contributed by atoms with E-state index >= 15 is 0 Å². The lowest BCUT2D eigenvalue weighted by Crippen LogP contribution is -2.55. The van der Waals surface area contributed by atoms with Crippen molar-refractivity contribution in [2.75, 3.05) is 19.6 Å². The molecule has 1 aromatic carbocycles. The summed E-state index contributed by atoms with van der Waals surface area (Å²) in [5.41, 5.74) is 1.26. The number of rotatable bonds is 4. The van der Waals surface area contributed by atoms with Gasteiger partial charge in [0.2, 0.25) is 5.91 Å². The van der Waals surface area contributed by atoms with Gasteiger partial charge in [-0.25, -0.2) is 0 Å². The largest absolute Gasteiger partial charge is 0.353 e. The molecule has 4 heteroatoms. The van der Waals surface area contributed by atoms with Crippen molar-refractivity contribution in [1.29, 1.82) is 5.26 Å². The molecular formula is C14H17N3O. The van der Waals surface area contributed by atoms with Gasteiger partial charge in [0.05, 0.1) is 12.5 Å². The smallest absolute Gasteiger partial charge is 0.238 e. The third-order valence-electron chi connectivity index (χ3n) is 3.26. The summed E-state index contributed by atoms with van der Waals surface area (Å²) in [5, 5.41) is 11.6. The monoisotopic (exact) mass is 243 g/mol. The van der Waals surface area contributed by atoms with Crippen molar-refractivity contribution >= 4 is 5.91 Å². The molecule has 1 amide bonds. The van der Waals surface area contributed by atoms with E-state index in [9.17, 15) is 4.79 Å². The maximum atomic E-state index is 11.7. The molecule has 1 unspecified atom stereocenters. The predicted octanol–water partition coefficient (Wildman–Crippen LogP) is 0.943. The average molecular weight is 243 g/mol. The van der Waals surface area contributed by atoms with E-state index in [1.807, 2.05) is 18.2 Å². The van der Waals surface area contributed by atoms with Crippen LogP contribution in [0.1, 0.15) is 12.0 Å². The molecular weight excluding hydrogens is 226 g/mol. The van der Waals surface area contributed by atoms with Crippen molar-refractivity contribution in [1.82, 2.24) is 10.2 Å². The van der Waals surface area contributed by atoms with E-state index in [0.717, 1.165) is 19.5 Å². The van der Waals surface area contributed by atoms with Crippen molar-refractivity contribution in [3.63, 3.8) is 0 Å². The van der Waals surface area contributed by atoms with Crippen LogP contribution in [0.2, 0.25) is 0 Å². The van der Waals surface area contributed by atoms with Gasteiger partial charge in [0.15, 0.2) is 0 Å². The normalized spacial score (nSPS) is 20.2. The van der Waals surface area contributed by atoms with Crippen molar-refractivity contribution in [3.8, 4) is 6.07 Å². The Morgan fingerprint density at radius 3 is 2.89 bits per heavy atom. The highest BCUT2D eigenvalue weighted by Gasteiger charge is 2.28. The lowest BCUT2D eigenvalue weighted by atomic mass is 10.1. The Balaban J connectivity index is 1.94. The molecule has 0 aromatic heterocycles. The molecule has 94 valence electrons. The Labute approximate surface area is 107 Å². The van der Waals surface area contributed by atoms with Gasteiger partial charge in [-0.3, -0.25) is 9.69 Å². The van der Waals surface area contributed by atoms with Gasteiger partial charge in [-0.05, 0) is 12.0 Å². The van der Waals surface area contributed by atoms with Crippen LogP contribution >= 0.6 is 0 Å². The lowest BCUT2D eigenvalue weighted by molar-refractivity contribution is -0.128. The van der Waals surface area contributed by atoms with Gasteiger partial charge in [-0.15, -0.1) is 0 Å². The minimum Gasteiger partial charge on any atom is -0.353 e. The first-order chi connectivity index (χ1) is 8.81. The van der Waals surface area contributed by atoms with Crippen LogP contribution < -0.4 is 5.32 Å². The Morgan fingerprint density at radius 1 is 1.39 bits per heavy atom. The first kappa shape index (κ1) is 12.6. The van der Waals surface area contributed by atoms with Gasteiger partial charge >= 0.3 is 0 Å². The number of piperazine rings is 1.